The van der Waals surface area contributed by atoms with Gasteiger partial charge in [-0.3, -0.25) is 0 Å². The first-order valence-electron chi connectivity index (χ1n) is 4.30. The van der Waals surface area contributed by atoms with Crippen LogP contribution in [0.15, 0.2) is 0 Å². The van der Waals surface area contributed by atoms with Crippen molar-refractivity contribution in [2.24, 2.45) is 11.7 Å². The van der Waals surface area contributed by atoms with Crippen LogP contribution in [0.4, 0.5) is 8.78 Å². The molecule has 1 aliphatic heterocycles. The van der Waals surface area contributed by atoms with Crippen LogP contribution in [0, 0.1) is 5.92 Å². The van der Waals surface area contributed by atoms with Gasteiger partial charge >= 0.3 is 0 Å². The van der Waals surface area contributed by atoms with E-state index in [4.69, 9.17) is 5.73 Å². The molecule has 1 fully saturated rings. The van der Waals surface area contributed by atoms with Crippen molar-refractivity contribution in [1.29, 1.82) is 0 Å². The van der Waals surface area contributed by atoms with Gasteiger partial charge in [-0.15, -0.1) is 0 Å². The average Bonchev–Trinajstić information content (AvgIpc) is 2.06. The molecule has 0 aromatic carbocycles. The summed E-state index contributed by atoms with van der Waals surface area (Å²) >= 11 is 1.86. The highest BCUT2D eigenvalue weighted by atomic mass is 32.2. The van der Waals surface area contributed by atoms with Gasteiger partial charge in [-0.2, -0.15) is 11.8 Å². The molecule has 0 aromatic rings. The van der Waals surface area contributed by atoms with E-state index in [1.807, 2.05) is 11.8 Å². The van der Waals surface area contributed by atoms with E-state index in [0.29, 0.717) is 0 Å². The molecule has 1 aliphatic rings. The van der Waals surface area contributed by atoms with Crippen molar-refractivity contribution in [3.8, 4) is 0 Å². The van der Waals surface area contributed by atoms with Gasteiger partial charge in [0.05, 0.1) is 6.54 Å². The highest BCUT2D eigenvalue weighted by Gasteiger charge is 2.31. The Morgan fingerprint density at radius 2 is 1.92 bits per heavy atom. The van der Waals surface area contributed by atoms with Crippen LogP contribution >= 0.6 is 11.8 Å². The molecule has 0 aliphatic carbocycles. The van der Waals surface area contributed by atoms with E-state index < -0.39 is 12.5 Å². The van der Waals surface area contributed by atoms with E-state index in [1.165, 1.54) is 0 Å². The number of alkyl halides is 2. The maximum Gasteiger partial charge on any atom is 0.260 e. The molecule has 1 rings (SSSR count). The topological polar surface area (TPSA) is 26.0 Å². The maximum absolute atomic E-state index is 12.8. The molecule has 1 nitrogen and oxygen atoms in total. The zero-order valence-electron chi connectivity index (χ0n) is 7.06. The standard InChI is InChI=1S/C8H15F2NS/c9-8(10,6-11)5-7-1-3-12-4-2-7/h7H,1-6,11H2. The number of hydrogen-bond acceptors (Lipinski definition) is 2. The quantitative estimate of drug-likeness (QED) is 0.746. The van der Waals surface area contributed by atoms with Crippen LogP contribution in [0.3, 0.4) is 0 Å². The van der Waals surface area contributed by atoms with Crippen molar-refractivity contribution in [3.63, 3.8) is 0 Å². The average molecular weight is 195 g/mol. The lowest BCUT2D eigenvalue weighted by Gasteiger charge is -2.25. The Hall–Kier alpha value is 0.170. The first kappa shape index (κ1) is 10.3. The van der Waals surface area contributed by atoms with Gasteiger partial charge in [0.15, 0.2) is 0 Å². The molecular formula is C8H15F2NS. The number of nitrogens with two attached hydrogens (primary N) is 1. The van der Waals surface area contributed by atoms with Gasteiger partial charge in [-0.1, -0.05) is 0 Å². The van der Waals surface area contributed by atoms with E-state index in [2.05, 4.69) is 0 Å². The molecular weight excluding hydrogens is 180 g/mol. The summed E-state index contributed by atoms with van der Waals surface area (Å²) in [6.07, 6.45) is 1.85. The Morgan fingerprint density at radius 3 is 2.42 bits per heavy atom. The third-order valence-electron chi connectivity index (χ3n) is 2.23. The Kier molecular flexibility index (Phi) is 3.77. The van der Waals surface area contributed by atoms with Crippen LogP contribution < -0.4 is 5.73 Å². The molecule has 0 unspecified atom stereocenters. The van der Waals surface area contributed by atoms with E-state index in [1.54, 1.807) is 0 Å². The first-order valence-corrected chi connectivity index (χ1v) is 5.45. The van der Waals surface area contributed by atoms with Crippen molar-refractivity contribution in [1.82, 2.24) is 0 Å². The second kappa shape index (κ2) is 4.42. The van der Waals surface area contributed by atoms with Gasteiger partial charge in [-0.05, 0) is 30.3 Å². The smallest absolute Gasteiger partial charge is 0.260 e. The Morgan fingerprint density at radius 1 is 1.33 bits per heavy atom. The van der Waals surface area contributed by atoms with Crippen LogP contribution in [0.25, 0.3) is 0 Å². The summed E-state index contributed by atoms with van der Waals surface area (Å²) in [5.74, 6) is -0.367. The fraction of sp³-hybridized carbons (Fsp3) is 1.00. The van der Waals surface area contributed by atoms with Gasteiger partial charge in [0.1, 0.15) is 0 Å². The SMILES string of the molecule is NCC(F)(F)CC1CCSCC1. The molecule has 0 bridgehead atoms. The van der Waals surface area contributed by atoms with E-state index >= 15 is 0 Å². The van der Waals surface area contributed by atoms with Gasteiger partial charge in [0.2, 0.25) is 0 Å². The summed E-state index contributed by atoms with van der Waals surface area (Å²) in [7, 11) is 0. The lowest BCUT2D eigenvalue weighted by molar-refractivity contribution is -0.0147. The number of hydrogen-bond donors (Lipinski definition) is 1. The molecule has 2 N–H and O–H groups in total. The van der Waals surface area contributed by atoms with Crippen LogP contribution in [0.5, 0.6) is 0 Å². The van der Waals surface area contributed by atoms with Crippen molar-refractivity contribution in [3.05, 3.63) is 0 Å². The lowest BCUT2D eigenvalue weighted by Crippen LogP contribution is -2.31. The molecule has 0 saturated carbocycles. The zero-order valence-corrected chi connectivity index (χ0v) is 7.88. The number of rotatable bonds is 3. The summed E-state index contributed by atoms with van der Waals surface area (Å²) in [6.45, 7) is -0.503. The third kappa shape index (κ3) is 3.27. The predicted octanol–water partition coefficient (Wildman–Crippen LogP) is 2.11. The Bertz CT molecular complexity index is 135. The van der Waals surface area contributed by atoms with Gasteiger partial charge < -0.3 is 5.73 Å². The Balaban J connectivity index is 2.28. The first-order chi connectivity index (χ1) is 5.64. The number of thioether (sulfide) groups is 1. The molecule has 1 heterocycles. The molecule has 4 heteroatoms. The molecule has 0 atom stereocenters. The van der Waals surface area contributed by atoms with E-state index in [0.717, 1.165) is 24.3 Å². The normalized spacial score (nSPS) is 21.2. The zero-order chi connectivity index (χ0) is 9.03. The second-order valence-electron chi connectivity index (χ2n) is 3.32. The number of halogens is 2. The minimum absolute atomic E-state index is 0.00986. The minimum Gasteiger partial charge on any atom is -0.325 e. The summed E-state index contributed by atoms with van der Waals surface area (Å²) < 4.78 is 25.6. The van der Waals surface area contributed by atoms with Crippen molar-refractivity contribution >= 4 is 11.8 Å². The molecule has 0 amide bonds. The maximum atomic E-state index is 12.8. The molecule has 72 valence electrons. The molecule has 0 radical (unpaired) electrons. The fourth-order valence-corrected chi connectivity index (χ4v) is 2.66. The molecule has 0 aromatic heterocycles. The summed E-state index contributed by atoms with van der Waals surface area (Å²) in [6, 6.07) is 0. The second-order valence-corrected chi connectivity index (χ2v) is 4.54. The summed E-state index contributed by atoms with van der Waals surface area (Å²) in [5.41, 5.74) is 4.97. The molecule has 0 spiro atoms. The molecule has 12 heavy (non-hydrogen) atoms. The van der Waals surface area contributed by atoms with Gasteiger partial charge in [-0.25, -0.2) is 8.78 Å². The lowest BCUT2D eigenvalue weighted by atomic mass is 9.95. The van der Waals surface area contributed by atoms with Crippen molar-refractivity contribution < 1.29 is 8.78 Å². The van der Waals surface area contributed by atoms with E-state index in [9.17, 15) is 8.78 Å². The van der Waals surface area contributed by atoms with Gasteiger partial charge in [0, 0.05) is 6.42 Å². The monoisotopic (exact) mass is 195 g/mol. The van der Waals surface area contributed by atoms with Crippen LogP contribution in [-0.4, -0.2) is 24.0 Å². The van der Waals surface area contributed by atoms with Gasteiger partial charge in [0.25, 0.3) is 5.92 Å². The van der Waals surface area contributed by atoms with Crippen molar-refractivity contribution in [2.75, 3.05) is 18.1 Å². The van der Waals surface area contributed by atoms with Crippen molar-refractivity contribution in [2.45, 2.75) is 25.2 Å². The minimum atomic E-state index is -2.63. The summed E-state index contributed by atoms with van der Waals surface area (Å²) in [4.78, 5) is 0. The highest BCUT2D eigenvalue weighted by Crippen LogP contribution is 2.31. The largest absolute Gasteiger partial charge is 0.325 e. The van der Waals surface area contributed by atoms with E-state index in [-0.39, 0.29) is 12.3 Å². The third-order valence-corrected chi connectivity index (χ3v) is 3.28. The fourth-order valence-electron chi connectivity index (χ4n) is 1.46. The Labute approximate surface area is 76.1 Å². The van der Waals surface area contributed by atoms with Crippen LogP contribution in [0.1, 0.15) is 19.3 Å². The van der Waals surface area contributed by atoms with Crippen LogP contribution in [-0.2, 0) is 0 Å². The highest BCUT2D eigenvalue weighted by molar-refractivity contribution is 7.99. The van der Waals surface area contributed by atoms with Crippen LogP contribution in [0.2, 0.25) is 0 Å². The summed E-state index contributed by atoms with van der Waals surface area (Å²) in [5, 5.41) is 0. The predicted molar refractivity (Wildman–Crippen MR) is 48.7 cm³/mol. The molecule has 1 saturated heterocycles.